The van der Waals surface area contributed by atoms with E-state index in [4.69, 9.17) is 9.72 Å². The molecule has 0 bridgehead atoms. The number of hydrogen-bond donors (Lipinski definition) is 1. The first kappa shape index (κ1) is 18.4. The van der Waals surface area contributed by atoms with Crippen molar-refractivity contribution in [3.63, 3.8) is 0 Å². The summed E-state index contributed by atoms with van der Waals surface area (Å²) in [5.74, 6) is 1.73. The Hall–Kier alpha value is -2.99. The van der Waals surface area contributed by atoms with Gasteiger partial charge >= 0.3 is 0 Å². The van der Waals surface area contributed by atoms with Gasteiger partial charge in [-0.25, -0.2) is 4.98 Å². The van der Waals surface area contributed by atoms with Gasteiger partial charge < -0.3 is 9.72 Å². The molecule has 3 heterocycles. The third-order valence-corrected chi connectivity index (χ3v) is 5.21. The number of methoxy groups -OCH3 is 1. The molecule has 2 aromatic heterocycles. The fraction of sp³-hybridized carbons (Fsp3) is 0.318. The van der Waals surface area contributed by atoms with Crippen molar-refractivity contribution >= 4 is 0 Å². The molecule has 1 aliphatic heterocycles. The number of hydrogen-bond acceptors (Lipinski definition) is 5. The Kier molecular flexibility index (Phi) is 5.48. The molecule has 4 rings (SSSR count). The molecule has 1 saturated heterocycles. The fourth-order valence-electron chi connectivity index (χ4n) is 3.84. The highest BCUT2D eigenvalue weighted by atomic mass is 16.5. The predicted molar refractivity (Wildman–Crippen MR) is 108 cm³/mol. The van der Waals surface area contributed by atoms with Crippen LogP contribution in [-0.4, -0.2) is 40.1 Å². The number of benzene rings is 1. The van der Waals surface area contributed by atoms with Crippen molar-refractivity contribution in [3.05, 3.63) is 76.5 Å². The number of nitrogens with one attached hydrogen (secondary N) is 1. The number of rotatable bonds is 5. The maximum absolute atomic E-state index is 12.2. The van der Waals surface area contributed by atoms with E-state index < -0.39 is 0 Å². The van der Waals surface area contributed by atoms with Gasteiger partial charge in [0.2, 0.25) is 0 Å². The molecule has 0 spiro atoms. The van der Waals surface area contributed by atoms with E-state index >= 15 is 0 Å². The maximum atomic E-state index is 12.2. The Morgan fingerprint density at radius 1 is 1.25 bits per heavy atom. The van der Waals surface area contributed by atoms with Crippen molar-refractivity contribution in [1.82, 2.24) is 19.9 Å². The molecule has 3 aromatic rings. The van der Waals surface area contributed by atoms with Gasteiger partial charge in [0.25, 0.3) is 5.56 Å². The van der Waals surface area contributed by atoms with Crippen LogP contribution < -0.4 is 10.3 Å². The first-order valence-corrected chi connectivity index (χ1v) is 9.59. The van der Waals surface area contributed by atoms with Gasteiger partial charge in [-0.2, -0.15) is 0 Å². The number of aromatic nitrogens is 3. The third kappa shape index (κ3) is 4.12. The quantitative estimate of drug-likeness (QED) is 0.740. The molecule has 0 amide bonds. The van der Waals surface area contributed by atoms with Crippen LogP contribution in [0.1, 0.15) is 30.0 Å². The second kappa shape index (κ2) is 8.35. The van der Waals surface area contributed by atoms with Gasteiger partial charge in [-0.1, -0.05) is 18.2 Å². The van der Waals surface area contributed by atoms with Gasteiger partial charge in [-0.15, -0.1) is 0 Å². The van der Waals surface area contributed by atoms with Crippen molar-refractivity contribution in [2.24, 2.45) is 0 Å². The number of nitrogens with zero attached hydrogens (tertiary/aromatic N) is 3. The van der Waals surface area contributed by atoms with Crippen LogP contribution in [0.2, 0.25) is 0 Å². The molecule has 0 saturated carbocycles. The summed E-state index contributed by atoms with van der Waals surface area (Å²) in [5, 5.41) is 0. The van der Waals surface area contributed by atoms with Gasteiger partial charge in [-0.3, -0.25) is 14.7 Å². The van der Waals surface area contributed by atoms with Crippen molar-refractivity contribution in [2.75, 3.05) is 20.2 Å². The molecular formula is C22H24N4O2. The number of likely N-dealkylation sites (tertiary alicyclic amines) is 1. The van der Waals surface area contributed by atoms with Crippen molar-refractivity contribution in [2.45, 2.75) is 25.3 Å². The molecule has 6 nitrogen and oxygen atoms in total. The number of pyridine rings is 1. The Morgan fingerprint density at radius 3 is 2.96 bits per heavy atom. The van der Waals surface area contributed by atoms with Crippen LogP contribution in [0.4, 0.5) is 0 Å². The SMILES string of the molecule is COc1ccccc1CN1CCCC(c2cc(=O)[nH]c(-c3cccnc3)n2)C1. The van der Waals surface area contributed by atoms with E-state index in [0.717, 1.165) is 49.5 Å². The Labute approximate surface area is 164 Å². The van der Waals surface area contributed by atoms with Crippen molar-refractivity contribution in [1.29, 1.82) is 0 Å². The van der Waals surface area contributed by atoms with E-state index in [1.54, 1.807) is 25.6 Å². The highest BCUT2D eigenvalue weighted by molar-refractivity contribution is 5.52. The number of piperidine rings is 1. The van der Waals surface area contributed by atoms with E-state index in [1.165, 1.54) is 5.56 Å². The summed E-state index contributed by atoms with van der Waals surface area (Å²) in [6.45, 7) is 2.74. The van der Waals surface area contributed by atoms with Crippen molar-refractivity contribution < 1.29 is 4.74 Å². The zero-order chi connectivity index (χ0) is 19.3. The average Bonchev–Trinajstić information content (AvgIpc) is 2.74. The average molecular weight is 376 g/mol. The van der Waals surface area contributed by atoms with Crippen molar-refractivity contribution in [3.8, 4) is 17.1 Å². The summed E-state index contributed by atoms with van der Waals surface area (Å²) in [6.07, 6.45) is 5.54. The normalized spacial score (nSPS) is 17.4. The van der Waals surface area contributed by atoms with Gasteiger partial charge in [0.05, 0.1) is 12.8 Å². The monoisotopic (exact) mass is 376 g/mol. The number of para-hydroxylation sites is 1. The summed E-state index contributed by atoms with van der Waals surface area (Å²) >= 11 is 0. The van der Waals surface area contributed by atoms with Crippen LogP contribution >= 0.6 is 0 Å². The molecule has 0 aliphatic carbocycles. The minimum Gasteiger partial charge on any atom is -0.496 e. The lowest BCUT2D eigenvalue weighted by atomic mass is 9.94. The van der Waals surface area contributed by atoms with Crippen LogP contribution in [0, 0.1) is 0 Å². The Morgan fingerprint density at radius 2 is 2.14 bits per heavy atom. The first-order chi connectivity index (χ1) is 13.7. The summed E-state index contributed by atoms with van der Waals surface area (Å²) < 4.78 is 5.49. The lowest BCUT2D eigenvalue weighted by molar-refractivity contribution is 0.196. The summed E-state index contributed by atoms with van der Waals surface area (Å²) in [5.41, 5.74) is 2.74. The van der Waals surface area contributed by atoms with Gasteiger partial charge in [0, 0.05) is 48.6 Å². The molecule has 1 N–H and O–H groups in total. The number of H-pyrrole nitrogens is 1. The van der Waals surface area contributed by atoms with E-state index in [0.29, 0.717) is 5.82 Å². The van der Waals surface area contributed by atoms with Crippen LogP contribution in [-0.2, 0) is 6.54 Å². The topological polar surface area (TPSA) is 71.1 Å². The van der Waals surface area contributed by atoms with E-state index in [9.17, 15) is 4.79 Å². The van der Waals surface area contributed by atoms with Gasteiger partial charge in [-0.05, 0) is 37.6 Å². The number of ether oxygens (including phenoxy) is 1. The number of aromatic amines is 1. The Balaban J connectivity index is 1.55. The predicted octanol–water partition coefficient (Wildman–Crippen LogP) is 3.22. The lowest BCUT2D eigenvalue weighted by Crippen LogP contribution is -2.34. The van der Waals surface area contributed by atoms with E-state index in [1.807, 2.05) is 30.3 Å². The first-order valence-electron chi connectivity index (χ1n) is 9.59. The molecule has 1 aromatic carbocycles. The largest absolute Gasteiger partial charge is 0.496 e. The van der Waals surface area contributed by atoms with Crippen LogP contribution in [0.5, 0.6) is 5.75 Å². The van der Waals surface area contributed by atoms with E-state index in [-0.39, 0.29) is 11.5 Å². The van der Waals surface area contributed by atoms with Gasteiger partial charge in [0.1, 0.15) is 11.6 Å². The Bertz CT molecular complexity index is 987. The molecule has 1 unspecified atom stereocenters. The molecule has 144 valence electrons. The zero-order valence-electron chi connectivity index (χ0n) is 16.0. The second-order valence-electron chi connectivity index (χ2n) is 7.15. The minimum atomic E-state index is -0.120. The lowest BCUT2D eigenvalue weighted by Gasteiger charge is -2.32. The van der Waals surface area contributed by atoms with Crippen LogP contribution in [0.25, 0.3) is 11.4 Å². The maximum Gasteiger partial charge on any atom is 0.251 e. The summed E-state index contributed by atoms with van der Waals surface area (Å²) in [6, 6.07) is 13.5. The fourth-order valence-corrected chi connectivity index (χ4v) is 3.84. The smallest absolute Gasteiger partial charge is 0.251 e. The molecule has 28 heavy (non-hydrogen) atoms. The highest BCUT2D eigenvalue weighted by Crippen LogP contribution is 2.28. The second-order valence-corrected chi connectivity index (χ2v) is 7.15. The summed E-state index contributed by atoms with van der Waals surface area (Å²) in [4.78, 5) is 26.4. The third-order valence-electron chi connectivity index (χ3n) is 5.21. The molecular weight excluding hydrogens is 352 g/mol. The van der Waals surface area contributed by atoms with Gasteiger partial charge in [0.15, 0.2) is 0 Å². The zero-order valence-corrected chi connectivity index (χ0v) is 16.0. The molecule has 0 radical (unpaired) electrons. The van der Waals surface area contributed by atoms with Crippen LogP contribution in [0.15, 0.2) is 59.7 Å². The minimum absolute atomic E-state index is 0.120. The summed E-state index contributed by atoms with van der Waals surface area (Å²) in [7, 11) is 1.71. The standard InChI is InChI=1S/C22H24N4O2/c1-28-20-9-3-2-6-18(20)15-26-11-5-8-17(14-26)19-12-21(27)25-22(24-19)16-7-4-10-23-13-16/h2-4,6-7,9-10,12-13,17H,5,8,11,14-15H2,1H3,(H,24,25,27). The van der Waals surface area contributed by atoms with E-state index in [2.05, 4.69) is 20.9 Å². The van der Waals surface area contributed by atoms with Crippen LogP contribution in [0.3, 0.4) is 0 Å². The molecule has 1 aliphatic rings. The molecule has 1 atom stereocenters. The molecule has 6 heteroatoms. The highest BCUT2D eigenvalue weighted by Gasteiger charge is 2.24. The molecule has 1 fully saturated rings.